The van der Waals surface area contributed by atoms with Gasteiger partial charge in [0.1, 0.15) is 0 Å². The molecule has 4 heteroatoms. The van der Waals surface area contributed by atoms with Gasteiger partial charge in [0.15, 0.2) is 0 Å². The Labute approximate surface area is 121 Å². The van der Waals surface area contributed by atoms with Crippen LogP contribution in [0.3, 0.4) is 0 Å². The minimum absolute atomic E-state index is 0.116. The van der Waals surface area contributed by atoms with E-state index in [0.717, 1.165) is 28.7 Å². The Morgan fingerprint density at radius 3 is 3.00 bits per heavy atom. The topological polar surface area (TPSA) is 20.3 Å². The van der Waals surface area contributed by atoms with Crippen LogP contribution in [0.25, 0.3) is 10.1 Å². The number of anilines is 1. The maximum absolute atomic E-state index is 12.6. The van der Waals surface area contributed by atoms with Crippen LogP contribution in [0.2, 0.25) is 5.02 Å². The molecule has 0 spiro atoms. The standard InChI is InChI=1S/C15H16ClNOS/c1-10-4-2-3-7-17(10)13-9-19-14-6-5-11(16)8-12(14)15(13)18/h5-6,8-10H,2-4,7H2,1H3/t10-/m1/s1. The van der Waals surface area contributed by atoms with Crippen molar-refractivity contribution < 1.29 is 0 Å². The van der Waals surface area contributed by atoms with Crippen molar-refractivity contribution in [2.75, 3.05) is 11.4 Å². The Balaban J connectivity index is 2.14. The van der Waals surface area contributed by atoms with Crippen molar-refractivity contribution >= 4 is 38.7 Å². The van der Waals surface area contributed by atoms with Gasteiger partial charge in [-0.2, -0.15) is 0 Å². The predicted molar refractivity (Wildman–Crippen MR) is 83.8 cm³/mol. The van der Waals surface area contributed by atoms with Crippen LogP contribution < -0.4 is 10.3 Å². The molecule has 2 aromatic rings. The Morgan fingerprint density at radius 1 is 1.37 bits per heavy atom. The molecule has 1 aliphatic rings. The average Bonchev–Trinajstić information content (AvgIpc) is 2.41. The van der Waals surface area contributed by atoms with E-state index < -0.39 is 0 Å². The zero-order valence-electron chi connectivity index (χ0n) is 10.9. The number of rotatable bonds is 1. The number of hydrogen-bond acceptors (Lipinski definition) is 3. The molecule has 1 saturated heterocycles. The molecule has 2 heterocycles. The maximum Gasteiger partial charge on any atom is 0.211 e. The van der Waals surface area contributed by atoms with Crippen LogP contribution in [-0.4, -0.2) is 12.6 Å². The molecule has 2 nitrogen and oxygen atoms in total. The monoisotopic (exact) mass is 293 g/mol. The highest BCUT2D eigenvalue weighted by Crippen LogP contribution is 2.27. The summed E-state index contributed by atoms with van der Waals surface area (Å²) in [5, 5.41) is 3.37. The van der Waals surface area contributed by atoms with E-state index in [1.807, 2.05) is 17.5 Å². The molecule has 1 aliphatic heterocycles. The molecule has 100 valence electrons. The fourth-order valence-corrected chi connectivity index (χ4v) is 3.83. The molecule has 1 aromatic carbocycles. The van der Waals surface area contributed by atoms with Gasteiger partial charge in [-0.3, -0.25) is 4.79 Å². The number of fused-ring (bicyclic) bond motifs is 1. The Hall–Kier alpha value is -1.06. The van der Waals surface area contributed by atoms with Crippen LogP contribution >= 0.6 is 22.9 Å². The second-order valence-electron chi connectivity index (χ2n) is 5.13. The Kier molecular flexibility index (Phi) is 3.50. The molecule has 1 fully saturated rings. The van der Waals surface area contributed by atoms with E-state index in [9.17, 15) is 4.79 Å². The quantitative estimate of drug-likeness (QED) is 0.781. The summed E-state index contributed by atoms with van der Waals surface area (Å²) in [6, 6.07) is 5.99. The zero-order valence-corrected chi connectivity index (χ0v) is 12.4. The van der Waals surface area contributed by atoms with Gasteiger partial charge in [0.2, 0.25) is 5.43 Å². The third-order valence-corrected chi connectivity index (χ3v) is 5.01. The third kappa shape index (κ3) is 2.37. The highest BCUT2D eigenvalue weighted by atomic mass is 35.5. The van der Waals surface area contributed by atoms with Crippen LogP contribution in [0.5, 0.6) is 0 Å². The third-order valence-electron chi connectivity index (χ3n) is 3.83. The van der Waals surface area contributed by atoms with Crippen LogP contribution in [-0.2, 0) is 0 Å². The van der Waals surface area contributed by atoms with Gasteiger partial charge in [-0.1, -0.05) is 11.6 Å². The van der Waals surface area contributed by atoms with Crippen molar-refractivity contribution in [2.45, 2.75) is 32.2 Å². The first-order valence-electron chi connectivity index (χ1n) is 6.64. The van der Waals surface area contributed by atoms with E-state index in [1.54, 1.807) is 17.4 Å². The highest BCUT2D eigenvalue weighted by molar-refractivity contribution is 7.16. The van der Waals surface area contributed by atoms with E-state index in [2.05, 4.69) is 11.8 Å². The second-order valence-corrected chi connectivity index (χ2v) is 6.48. The van der Waals surface area contributed by atoms with Gasteiger partial charge in [0, 0.05) is 33.1 Å². The first kappa shape index (κ1) is 12.9. The van der Waals surface area contributed by atoms with E-state index in [4.69, 9.17) is 11.6 Å². The average molecular weight is 294 g/mol. The number of benzene rings is 1. The largest absolute Gasteiger partial charge is 0.365 e. The van der Waals surface area contributed by atoms with Crippen molar-refractivity contribution in [1.82, 2.24) is 0 Å². The van der Waals surface area contributed by atoms with Gasteiger partial charge in [-0.25, -0.2) is 0 Å². The molecule has 19 heavy (non-hydrogen) atoms. The highest BCUT2D eigenvalue weighted by Gasteiger charge is 2.21. The van der Waals surface area contributed by atoms with Gasteiger partial charge in [-0.05, 0) is 44.4 Å². The van der Waals surface area contributed by atoms with Crippen molar-refractivity contribution in [2.24, 2.45) is 0 Å². The van der Waals surface area contributed by atoms with Gasteiger partial charge < -0.3 is 4.90 Å². The van der Waals surface area contributed by atoms with Crippen LogP contribution in [0.15, 0.2) is 28.4 Å². The normalized spacial score (nSPS) is 19.9. The Bertz CT molecular complexity index is 667. The van der Waals surface area contributed by atoms with Crippen molar-refractivity contribution in [3.05, 3.63) is 38.8 Å². The lowest BCUT2D eigenvalue weighted by molar-refractivity contribution is 0.484. The van der Waals surface area contributed by atoms with Gasteiger partial charge in [0.05, 0.1) is 5.69 Å². The summed E-state index contributed by atoms with van der Waals surface area (Å²) in [5.41, 5.74) is 0.956. The molecule has 0 aliphatic carbocycles. The summed E-state index contributed by atoms with van der Waals surface area (Å²) >= 11 is 7.63. The lowest BCUT2D eigenvalue weighted by Gasteiger charge is -2.34. The lowest BCUT2D eigenvalue weighted by Crippen LogP contribution is -2.39. The molecule has 0 unspecified atom stereocenters. The summed E-state index contributed by atoms with van der Waals surface area (Å²) < 4.78 is 1.00. The van der Waals surface area contributed by atoms with Crippen molar-refractivity contribution in [1.29, 1.82) is 0 Å². The van der Waals surface area contributed by atoms with E-state index in [0.29, 0.717) is 11.1 Å². The molecule has 0 saturated carbocycles. The number of nitrogens with zero attached hydrogens (tertiary/aromatic N) is 1. The first-order valence-corrected chi connectivity index (χ1v) is 7.90. The first-order chi connectivity index (χ1) is 9.16. The van der Waals surface area contributed by atoms with Crippen molar-refractivity contribution in [3.8, 4) is 0 Å². The van der Waals surface area contributed by atoms with E-state index in [1.165, 1.54) is 12.8 Å². The molecule has 0 bridgehead atoms. The molecule has 0 radical (unpaired) electrons. The molecular weight excluding hydrogens is 278 g/mol. The zero-order chi connectivity index (χ0) is 13.4. The fraction of sp³-hybridized carbons (Fsp3) is 0.400. The SMILES string of the molecule is C[C@@H]1CCCCN1c1csc2ccc(Cl)cc2c1=O. The fourth-order valence-electron chi connectivity index (χ4n) is 2.75. The van der Waals surface area contributed by atoms with Crippen molar-refractivity contribution in [3.63, 3.8) is 0 Å². The van der Waals surface area contributed by atoms with E-state index in [-0.39, 0.29) is 5.43 Å². The van der Waals surface area contributed by atoms with Crippen LogP contribution in [0.1, 0.15) is 26.2 Å². The second kappa shape index (κ2) is 5.14. The summed E-state index contributed by atoms with van der Waals surface area (Å²) in [6.07, 6.45) is 3.59. The predicted octanol–water partition coefficient (Wildman–Crippen LogP) is 4.29. The summed E-state index contributed by atoms with van der Waals surface area (Å²) in [5.74, 6) is 0. The number of hydrogen-bond donors (Lipinski definition) is 0. The summed E-state index contributed by atoms with van der Waals surface area (Å²) in [7, 11) is 0. The maximum atomic E-state index is 12.6. The van der Waals surface area contributed by atoms with Crippen LogP contribution in [0, 0.1) is 0 Å². The lowest BCUT2D eigenvalue weighted by atomic mass is 10.0. The van der Waals surface area contributed by atoms with E-state index >= 15 is 0 Å². The molecule has 1 aromatic heterocycles. The Morgan fingerprint density at radius 2 is 2.21 bits per heavy atom. The molecule has 3 rings (SSSR count). The molecule has 0 amide bonds. The molecule has 0 N–H and O–H groups in total. The minimum atomic E-state index is 0.116. The number of halogens is 1. The molecular formula is C15H16ClNOS. The summed E-state index contributed by atoms with van der Waals surface area (Å²) in [4.78, 5) is 14.9. The summed E-state index contributed by atoms with van der Waals surface area (Å²) in [6.45, 7) is 3.18. The van der Waals surface area contributed by atoms with Gasteiger partial charge in [0.25, 0.3) is 0 Å². The smallest absolute Gasteiger partial charge is 0.211 e. The number of piperidine rings is 1. The van der Waals surface area contributed by atoms with Crippen LogP contribution in [0.4, 0.5) is 5.69 Å². The minimum Gasteiger partial charge on any atom is -0.365 e. The molecule has 1 atom stereocenters. The van der Waals surface area contributed by atoms with Gasteiger partial charge >= 0.3 is 0 Å². The van der Waals surface area contributed by atoms with Gasteiger partial charge in [-0.15, -0.1) is 11.3 Å².